The van der Waals surface area contributed by atoms with Gasteiger partial charge < -0.3 is 5.32 Å². The fourth-order valence-electron chi connectivity index (χ4n) is 3.12. The van der Waals surface area contributed by atoms with Gasteiger partial charge >= 0.3 is 0 Å². The lowest BCUT2D eigenvalue weighted by Gasteiger charge is -2.27. The largest absolute Gasteiger partial charge is 0.349 e. The first-order valence-corrected chi connectivity index (χ1v) is 10.7. The number of nitrogens with one attached hydrogen (secondary N) is 1. The van der Waals surface area contributed by atoms with E-state index in [1.807, 2.05) is 47.0 Å². The number of thioether (sulfide) groups is 1. The Morgan fingerprint density at radius 2 is 1.79 bits per heavy atom. The Balaban J connectivity index is 1.66. The number of benzene rings is 2. The van der Waals surface area contributed by atoms with Crippen LogP contribution in [0.1, 0.15) is 44.4 Å². The lowest BCUT2D eigenvalue weighted by Crippen LogP contribution is -2.32. The third kappa shape index (κ3) is 6.19. The molecule has 1 unspecified atom stereocenters. The van der Waals surface area contributed by atoms with Gasteiger partial charge in [0.05, 0.1) is 11.8 Å². The number of aromatic nitrogens is 3. The monoisotopic (exact) mass is 408 g/mol. The zero-order valence-corrected chi connectivity index (χ0v) is 18.2. The number of hydrogen-bond acceptors (Lipinski definition) is 4. The molecular weight excluding hydrogens is 380 g/mol. The third-order valence-corrected chi connectivity index (χ3v) is 5.46. The molecule has 0 bridgehead atoms. The zero-order chi connectivity index (χ0) is 20.9. The van der Waals surface area contributed by atoms with Crippen molar-refractivity contribution in [1.82, 2.24) is 20.1 Å². The second-order valence-electron chi connectivity index (χ2n) is 8.40. The van der Waals surface area contributed by atoms with E-state index in [0.29, 0.717) is 5.16 Å². The topological polar surface area (TPSA) is 59.8 Å². The summed E-state index contributed by atoms with van der Waals surface area (Å²) < 4.78 is 1.90. The molecule has 1 amide bonds. The van der Waals surface area contributed by atoms with Crippen LogP contribution in [0.15, 0.2) is 66.1 Å². The first-order valence-electron chi connectivity index (χ1n) is 9.76. The molecule has 3 aromatic rings. The van der Waals surface area contributed by atoms with Crippen LogP contribution in [0, 0.1) is 12.3 Å². The maximum absolute atomic E-state index is 12.7. The van der Waals surface area contributed by atoms with Crippen molar-refractivity contribution in [3.63, 3.8) is 0 Å². The minimum absolute atomic E-state index is 0.00782. The lowest BCUT2D eigenvalue weighted by atomic mass is 9.85. The number of carbonyl (C=O) groups is 1. The Morgan fingerprint density at radius 3 is 2.45 bits per heavy atom. The van der Waals surface area contributed by atoms with Crippen molar-refractivity contribution in [3.05, 3.63) is 72.1 Å². The summed E-state index contributed by atoms with van der Waals surface area (Å²) in [5.41, 5.74) is 3.41. The van der Waals surface area contributed by atoms with E-state index >= 15 is 0 Å². The van der Waals surface area contributed by atoms with Gasteiger partial charge in [0.15, 0.2) is 5.16 Å². The lowest BCUT2D eigenvalue weighted by molar-refractivity contribution is -0.119. The summed E-state index contributed by atoms with van der Waals surface area (Å²) in [5.74, 6) is 0.282. The molecule has 0 radical (unpaired) electrons. The molecule has 0 spiro atoms. The van der Waals surface area contributed by atoms with Gasteiger partial charge in [-0.3, -0.25) is 9.36 Å². The minimum atomic E-state index is -0.0146. The van der Waals surface area contributed by atoms with E-state index in [0.717, 1.165) is 17.7 Å². The molecule has 1 aromatic heterocycles. The van der Waals surface area contributed by atoms with Crippen LogP contribution in [0.4, 0.5) is 0 Å². The van der Waals surface area contributed by atoms with Gasteiger partial charge in [-0.25, -0.2) is 0 Å². The van der Waals surface area contributed by atoms with Gasteiger partial charge in [-0.1, -0.05) is 80.6 Å². The molecular formula is C23H28N4OS. The highest BCUT2D eigenvalue weighted by molar-refractivity contribution is 7.99. The second kappa shape index (κ2) is 9.27. The van der Waals surface area contributed by atoms with E-state index in [1.54, 1.807) is 6.33 Å². The molecule has 0 aliphatic rings. The van der Waals surface area contributed by atoms with Crippen LogP contribution in [0.25, 0.3) is 5.69 Å². The molecule has 1 heterocycles. The van der Waals surface area contributed by atoms with Crippen molar-refractivity contribution >= 4 is 17.7 Å². The van der Waals surface area contributed by atoms with E-state index in [4.69, 9.17) is 0 Å². The van der Waals surface area contributed by atoms with Gasteiger partial charge in [-0.15, -0.1) is 10.2 Å². The van der Waals surface area contributed by atoms with E-state index < -0.39 is 0 Å². The van der Waals surface area contributed by atoms with Gasteiger partial charge in [0.1, 0.15) is 6.33 Å². The molecule has 1 atom stereocenters. The maximum Gasteiger partial charge on any atom is 0.230 e. The van der Waals surface area contributed by atoms with Crippen LogP contribution in [0.5, 0.6) is 0 Å². The highest BCUT2D eigenvalue weighted by atomic mass is 32.2. The fourth-order valence-corrected chi connectivity index (χ4v) is 3.86. The summed E-state index contributed by atoms with van der Waals surface area (Å²) in [4.78, 5) is 12.7. The van der Waals surface area contributed by atoms with Gasteiger partial charge in [-0.05, 0) is 36.5 Å². The molecule has 152 valence electrons. The Bertz CT molecular complexity index is 930. The zero-order valence-electron chi connectivity index (χ0n) is 17.4. The van der Waals surface area contributed by atoms with Crippen LogP contribution in [-0.2, 0) is 4.79 Å². The summed E-state index contributed by atoms with van der Waals surface area (Å²) >= 11 is 1.39. The molecule has 1 N–H and O–H groups in total. The van der Waals surface area contributed by atoms with E-state index in [-0.39, 0.29) is 23.1 Å². The Hall–Kier alpha value is -2.60. The molecule has 0 aliphatic heterocycles. The fraction of sp³-hybridized carbons (Fsp3) is 0.348. The standard InChI is InChI=1S/C23H28N4OS/c1-17-10-12-19(13-11-17)27-16-24-26-22(27)29-15-21(28)25-20(14-23(2,3)4)18-8-6-5-7-9-18/h5-13,16,20H,14-15H2,1-4H3,(H,25,28). The molecule has 2 aromatic carbocycles. The number of rotatable bonds is 7. The van der Waals surface area contributed by atoms with Crippen LogP contribution in [0.3, 0.4) is 0 Å². The first kappa shape index (κ1) is 21.1. The minimum Gasteiger partial charge on any atom is -0.349 e. The van der Waals surface area contributed by atoms with Crippen LogP contribution in [0.2, 0.25) is 0 Å². The average Bonchev–Trinajstić information content (AvgIpc) is 3.15. The first-order chi connectivity index (χ1) is 13.8. The molecule has 0 aliphatic carbocycles. The van der Waals surface area contributed by atoms with Crippen molar-refractivity contribution in [1.29, 1.82) is 0 Å². The van der Waals surface area contributed by atoms with Gasteiger partial charge in [0.25, 0.3) is 0 Å². The van der Waals surface area contributed by atoms with Crippen molar-refractivity contribution in [2.75, 3.05) is 5.75 Å². The third-order valence-electron chi connectivity index (χ3n) is 4.51. The Labute approximate surface area is 176 Å². The van der Waals surface area contributed by atoms with Crippen molar-refractivity contribution in [2.24, 2.45) is 5.41 Å². The molecule has 0 saturated carbocycles. The SMILES string of the molecule is Cc1ccc(-n2cnnc2SCC(=O)NC(CC(C)(C)C)c2ccccc2)cc1. The summed E-state index contributed by atoms with van der Waals surface area (Å²) in [6.07, 6.45) is 2.55. The van der Waals surface area contributed by atoms with Gasteiger partial charge in [-0.2, -0.15) is 0 Å². The van der Waals surface area contributed by atoms with E-state index in [1.165, 1.54) is 17.3 Å². The van der Waals surface area contributed by atoms with Crippen molar-refractivity contribution in [2.45, 2.75) is 45.3 Å². The predicted octanol–water partition coefficient (Wildman–Crippen LogP) is 4.96. The number of hydrogen-bond donors (Lipinski definition) is 1. The highest BCUT2D eigenvalue weighted by Crippen LogP contribution is 2.29. The van der Waals surface area contributed by atoms with E-state index in [2.05, 4.69) is 55.3 Å². The predicted molar refractivity (Wildman–Crippen MR) is 118 cm³/mol. The Kier molecular flexibility index (Phi) is 6.75. The highest BCUT2D eigenvalue weighted by Gasteiger charge is 2.22. The molecule has 29 heavy (non-hydrogen) atoms. The molecule has 0 saturated heterocycles. The second-order valence-corrected chi connectivity index (χ2v) is 9.35. The maximum atomic E-state index is 12.7. The van der Waals surface area contributed by atoms with Gasteiger partial charge in [0.2, 0.25) is 5.91 Å². The van der Waals surface area contributed by atoms with Crippen LogP contribution in [-0.4, -0.2) is 26.4 Å². The molecule has 3 rings (SSSR count). The smallest absolute Gasteiger partial charge is 0.230 e. The van der Waals surface area contributed by atoms with Crippen LogP contribution < -0.4 is 5.32 Å². The number of aryl methyl sites for hydroxylation is 1. The quantitative estimate of drug-likeness (QED) is 0.561. The van der Waals surface area contributed by atoms with Crippen molar-refractivity contribution < 1.29 is 4.79 Å². The summed E-state index contributed by atoms with van der Waals surface area (Å²) in [5, 5.41) is 12.1. The summed E-state index contributed by atoms with van der Waals surface area (Å²) in [6.45, 7) is 8.62. The Morgan fingerprint density at radius 1 is 1.10 bits per heavy atom. The molecule has 5 nitrogen and oxygen atoms in total. The molecule has 6 heteroatoms. The van der Waals surface area contributed by atoms with E-state index in [9.17, 15) is 4.79 Å². The number of amides is 1. The number of carbonyl (C=O) groups excluding carboxylic acids is 1. The normalized spacial score (nSPS) is 12.6. The van der Waals surface area contributed by atoms with Crippen LogP contribution >= 0.6 is 11.8 Å². The number of nitrogens with zero attached hydrogens (tertiary/aromatic N) is 3. The summed E-state index contributed by atoms with van der Waals surface area (Å²) in [6, 6.07) is 18.3. The summed E-state index contributed by atoms with van der Waals surface area (Å²) in [7, 11) is 0. The van der Waals surface area contributed by atoms with Gasteiger partial charge in [0, 0.05) is 5.69 Å². The molecule has 0 fully saturated rings. The average molecular weight is 409 g/mol. The van der Waals surface area contributed by atoms with Crippen molar-refractivity contribution in [3.8, 4) is 5.69 Å².